The predicted octanol–water partition coefficient (Wildman–Crippen LogP) is 0.962. The van der Waals surface area contributed by atoms with E-state index in [2.05, 4.69) is 0 Å². The lowest BCUT2D eigenvalue weighted by Crippen LogP contribution is -2.28. The third kappa shape index (κ3) is 1.68. The molecule has 2 unspecified atom stereocenters. The van der Waals surface area contributed by atoms with Crippen molar-refractivity contribution in [3.63, 3.8) is 0 Å². The molecule has 68 valence electrons. The van der Waals surface area contributed by atoms with Crippen molar-refractivity contribution in [3.05, 3.63) is 23.8 Å². The van der Waals surface area contributed by atoms with Crippen molar-refractivity contribution in [2.24, 2.45) is 5.41 Å². The molecule has 0 saturated carbocycles. The normalized spacial score (nSPS) is 29.4. The van der Waals surface area contributed by atoms with Gasteiger partial charge in [-0.05, 0) is 13.0 Å². The third-order valence-electron chi connectivity index (χ3n) is 2.34. The van der Waals surface area contributed by atoms with Gasteiger partial charge in [-0.15, -0.1) is 0 Å². The summed E-state index contributed by atoms with van der Waals surface area (Å²) in [5.41, 5.74) is -0.496. The molecule has 0 heterocycles. The average molecular weight is 177 g/mol. The second kappa shape index (κ2) is 3.15. The van der Waals surface area contributed by atoms with Gasteiger partial charge in [-0.3, -0.25) is 4.79 Å². The number of carbonyl (C=O) groups excluding carboxylic acids is 1. The SMILES string of the molecule is CC(O)C1(C)C=CC(=O)C(C#N)=C1. The molecule has 3 nitrogen and oxygen atoms in total. The Hall–Kier alpha value is -1.40. The first kappa shape index (κ1) is 9.69. The molecule has 0 fully saturated rings. The van der Waals surface area contributed by atoms with Gasteiger partial charge in [0.15, 0.2) is 5.78 Å². The summed E-state index contributed by atoms with van der Waals surface area (Å²) in [6, 6.07) is 1.81. The minimum absolute atomic E-state index is 0.103. The fraction of sp³-hybridized carbons (Fsp3) is 0.400. The molecule has 1 N–H and O–H groups in total. The van der Waals surface area contributed by atoms with Gasteiger partial charge < -0.3 is 5.11 Å². The number of aliphatic hydroxyl groups is 1. The van der Waals surface area contributed by atoms with Gasteiger partial charge in [0.25, 0.3) is 0 Å². The van der Waals surface area contributed by atoms with E-state index >= 15 is 0 Å². The van der Waals surface area contributed by atoms with Crippen LogP contribution in [0.3, 0.4) is 0 Å². The Balaban J connectivity index is 3.09. The highest BCUT2D eigenvalue weighted by molar-refractivity contribution is 6.08. The number of carbonyl (C=O) groups is 1. The summed E-state index contributed by atoms with van der Waals surface area (Å²) in [5.74, 6) is -0.291. The van der Waals surface area contributed by atoms with Crippen LogP contribution < -0.4 is 0 Å². The summed E-state index contributed by atoms with van der Waals surface area (Å²) in [6.45, 7) is 3.41. The van der Waals surface area contributed by atoms with Crippen LogP contribution in [0.4, 0.5) is 0 Å². The van der Waals surface area contributed by atoms with Gasteiger partial charge in [-0.1, -0.05) is 19.1 Å². The van der Waals surface area contributed by atoms with E-state index in [1.54, 1.807) is 19.9 Å². The van der Waals surface area contributed by atoms with Crippen LogP contribution in [0.15, 0.2) is 23.8 Å². The monoisotopic (exact) mass is 177 g/mol. The molecule has 0 amide bonds. The lowest BCUT2D eigenvalue weighted by atomic mass is 9.79. The number of allylic oxidation sites excluding steroid dienone is 2. The second-order valence-electron chi connectivity index (χ2n) is 3.41. The van der Waals surface area contributed by atoms with Crippen LogP contribution in [-0.4, -0.2) is 17.0 Å². The molecule has 0 saturated heterocycles. The van der Waals surface area contributed by atoms with E-state index in [0.717, 1.165) is 0 Å². The molecule has 0 aromatic heterocycles. The van der Waals surface area contributed by atoms with Gasteiger partial charge in [0.05, 0.1) is 11.7 Å². The second-order valence-corrected chi connectivity index (χ2v) is 3.41. The molecule has 0 bridgehead atoms. The maximum absolute atomic E-state index is 11.1. The molecule has 3 heteroatoms. The average Bonchev–Trinajstić information content (AvgIpc) is 2.09. The van der Waals surface area contributed by atoms with Crippen LogP contribution in [0.25, 0.3) is 0 Å². The maximum atomic E-state index is 11.1. The molecular formula is C10H11NO2. The smallest absolute Gasteiger partial charge is 0.195 e. The molecule has 0 aromatic carbocycles. The Morgan fingerprint density at radius 1 is 1.69 bits per heavy atom. The molecule has 0 aliphatic heterocycles. The maximum Gasteiger partial charge on any atom is 0.195 e. The minimum Gasteiger partial charge on any atom is -0.392 e. The first-order valence-electron chi connectivity index (χ1n) is 4.04. The van der Waals surface area contributed by atoms with Gasteiger partial charge in [0.2, 0.25) is 0 Å². The summed E-state index contributed by atoms with van der Waals surface area (Å²) in [4.78, 5) is 11.1. The summed E-state index contributed by atoms with van der Waals surface area (Å²) in [7, 11) is 0. The Kier molecular flexibility index (Phi) is 2.35. The Labute approximate surface area is 77.0 Å². The molecule has 0 radical (unpaired) electrons. The zero-order valence-electron chi connectivity index (χ0n) is 7.61. The fourth-order valence-corrected chi connectivity index (χ4v) is 1.12. The topological polar surface area (TPSA) is 61.1 Å². The lowest BCUT2D eigenvalue weighted by Gasteiger charge is -2.27. The van der Waals surface area contributed by atoms with Crippen molar-refractivity contribution in [2.45, 2.75) is 20.0 Å². The van der Waals surface area contributed by atoms with E-state index in [-0.39, 0.29) is 11.4 Å². The Bertz CT molecular complexity index is 333. The predicted molar refractivity (Wildman–Crippen MR) is 47.6 cm³/mol. The minimum atomic E-state index is -0.611. The van der Waals surface area contributed by atoms with Gasteiger partial charge in [-0.2, -0.15) is 5.26 Å². The highest BCUT2D eigenvalue weighted by Crippen LogP contribution is 2.30. The summed E-state index contributed by atoms with van der Waals surface area (Å²) >= 11 is 0. The number of hydrogen-bond acceptors (Lipinski definition) is 3. The number of rotatable bonds is 1. The molecule has 1 rings (SSSR count). The zero-order valence-corrected chi connectivity index (χ0v) is 7.61. The van der Waals surface area contributed by atoms with Crippen molar-refractivity contribution in [2.75, 3.05) is 0 Å². The summed E-state index contributed by atoms with van der Waals surface area (Å²) in [6.07, 6.45) is 3.87. The number of nitrogens with zero attached hydrogens (tertiary/aromatic N) is 1. The summed E-state index contributed by atoms with van der Waals surface area (Å²) in [5, 5.41) is 18.0. The van der Waals surface area contributed by atoms with Crippen molar-refractivity contribution < 1.29 is 9.90 Å². The van der Waals surface area contributed by atoms with Crippen molar-refractivity contribution in [3.8, 4) is 6.07 Å². The van der Waals surface area contributed by atoms with Crippen molar-refractivity contribution in [1.29, 1.82) is 5.26 Å². The van der Waals surface area contributed by atoms with E-state index in [0.29, 0.717) is 0 Å². The fourth-order valence-electron chi connectivity index (χ4n) is 1.12. The van der Waals surface area contributed by atoms with E-state index in [4.69, 9.17) is 5.26 Å². The van der Waals surface area contributed by atoms with Gasteiger partial charge in [-0.25, -0.2) is 0 Å². The van der Waals surface area contributed by atoms with Gasteiger partial charge in [0, 0.05) is 5.41 Å². The molecule has 13 heavy (non-hydrogen) atoms. The standard InChI is InChI=1S/C10H11NO2/c1-7(12)10(2)4-3-9(13)8(5-10)6-11/h3-5,7,12H,1-2H3. The first-order valence-corrected chi connectivity index (χ1v) is 4.04. The van der Waals surface area contributed by atoms with Crippen molar-refractivity contribution >= 4 is 5.78 Å². The van der Waals surface area contributed by atoms with Crippen LogP contribution in [0, 0.1) is 16.7 Å². The number of ketones is 1. The van der Waals surface area contributed by atoms with Gasteiger partial charge in [0.1, 0.15) is 6.07 Å². The number of nitriles is 1. The molecule has 1 aliphatic rings. The molecule has 0 spiro atoms. The quantitative estimate of drug-likeness (QED) is 0.649. The van der Waals surface area contributed by atoms with Gasteiger partial charge >= 0.3 is 0 Å². The van der Waals surface area contributed by atoms with Crippen LogP contribution in [0.2, 0.25) is 0 Å². The van der Waals surface area contributed by atoms with Crippen LogP contribution >= 0.6 is 0 Å². The van der Waals surface area contributed by atoms with E-state index in [9.17, 15) is 9.90 Å². The largest absolute Gasteiger partial charge is 0.392 e. The molecular weight excluding hydrogens is 166 g/mol. The third-order valence-corrected chi connectivity index (χ3v) is 2.34. The Morgan fingerprint density at radius 2 is 2.31 bits per heavy atom. The van der Waals surface area contributed by atoms with Crippen molar-refractivity contribution in [1.82, 2.24) is 0 Å². The summed E-state index contributed by atoms with van der Waals surface area (Å²) < 4.78 is 0. The van der Waals surface area contributed by atoms with E-state index < -0.39 is 11.5 Å². The molecule has 2 atom stereocenters. The first-order chi connectivity index (χ1) is 5.99. The molecule has 0 aromatic rings. The van der Waals surface area contributed by atoms with Crippen LogP contribution in [0.5, 0.6) is 0 Å². The molecule has 1 aliphatic carbocycles. The van der Waals surface area contributed by atoms with E-state index in [1.807, 2.05) is 6.07 Å². The highest BCUT2D eigenvalue weighted by Gasteiger charge is 2.29. The Morgan fingerprint density at radius 3 is 2.77 bits per heavy atom. The van der Waals surface area contributed by atoms with Crippen LogP contribution in [0.1, 0.15) is 13.8 Å². The zero-order chi connectivity index (χ0) is 10.1. The highest BCUT2D eigenvalue weighted by atomic mass is 16.3. The van der Waals surface area contributed by atoms with Crippen LogP contribution in [-0.2, 0) is 4.79 Å². The number of aliphatic hydroxyl groups excluding tert-OH is 1. The lowest BCUT2D eigenvalue weighted by molar-refractivity contribution is -0.111. The van der Waals surface area contributed by atoms with E-state index in [1.165, 1.54) is 12.2 Å². The number of hydrogen-bond donors (Lipinski definition) is 1.